The molecule has 0 heterocycles. The Balaban J connectivity index is 2.07. The van der Waals surface area contributed by atoms with E-state index in [1.54, 1.807) is 30.7 Å². The first-order valence-electron chi connectivity index (χ1n) is 10.6. The summed E-state index contributed by atoms with van der Waals surface area (Å²) >= 11 is 1.57. The standard InChI is InChI=1S/C25H34N2O3S/c1-18(2)14-26-25(29)20(4)27(15-22-7-6-8-23(13-22)30-5)24(28)17-31-16-21-11-9-19(3)10-12-21/h6-13,18,20H,14-17H2,1-5H3,(H,26,29)/t20-/m0/s1. The first-order valence-corrected chi connectivity index (χ1v) is 11.8. The molecule has 2 amide bonds. The van der Waals surface area contributed by atoms with E-state index < -0.39 is 6.04 Å². The van der Waals surface area contributed by atoms with Gasteiger partial charge in [-0.2, -0.15) is 0 Å². The summed E-state index contributed by atoms with van der Waals surface area (Å²) in [7, 11) is 1.62. The largest absolute Gasteiger partial charge is 0.497 e. The molecule has 0 spiro atoms. The smallest absolute Gasteiger partial charge is 0.242 e. The van der Waals surface area contributed by atoms with Crippen LogP contribution in [0.15, 0.2) is 48.5 Å². The number of carbonyl (C=O) groups is 2. The summed E-state index contributed by atoms with van der Waals surface area (Å²) in [6.07, 6.45) is 0. The fraction of sp³-hybridized carbons (Fsp3) is 0.440. The number of benzene rings is 2. The zero-order valence-corrected chi connectivity index (χ0v) is 20.0. The quantitative estimate of drug-likeness (QED) is 0.559. The molecule has 0 aliphatic heterocycles. The number of hydrogen-bond acceptors (Lipinski definition) is 4. The Kier molecular flexibility index (Phi) is 9.92. The minimum absolute atomic E-state index is 0.0490. The van der Waals surface area contributed by atoms with Crippen molar-refractivity contribution in [3.63, 3.8) is 0 Å². The van der Waals surface area contributed by atoms with Gasteiger partial charge in [-0.05, 0) is 43.0 Å². The molecule has 0 radical (unpaired) electrons. The highest BCUT2D eigenvalue weighted by Crippen LogP contribution is 2.19. The third kappa shape index (κ3) is 8.29. The lowest BCUT2D eigenvalue weighted by Gasteiger charge is -2.29. The third-order valence-corrected chi connectivity index (χ3v) is 5.94. The van der Waals surface area contributed by atoms with Crippen molar-refractivity contribution in [1.29, 1.82) is 0 Å². The second-order valence-corrected chi connectivity index (χ2v) is 9.15. The van der Waals surface area contributed by atoms with E-state index in [1.165, 1.54) is 11.1 Å². The highest BCUT2D eigenvalue weighted by atomic mass is 32.2. The predicted molar refractivity (Wildman–Crippen MR) is 128 cm³/mol. The first kappa shape index (κ1) is 24.8. The predicted octanol–water partition coefficient (Wildman–Crippen LogP) is 4.43. The summed E-state index contributed by atoms with van der Waals surface area (Å²) in [5.41, 5.74) is 3.33. The molecule has 1 N–H and O–H groups in total. The molecule has 0 saturated heterocycles. The monoisotopic (exact) mass is 442 g/mol. The second kappa shape index (κ2) is 12.4. The van der Waals surface area contributed by atoms with Crippen molar-refractivity contribution in [2.75, 3.05) is 19.4 Å². The van der Waals surface area contributed by atoms with Crippen LogP contribution in [-0.4, -0.2) is 42.2 Å². The lowest BCUT2D eigenvalue weighted by Crippen LogP contribution is -2.48. The van der Waals surface area contributed by atoms with E-state index in [1.807, 2.05) is 38.1 Å². The molecule has 0 aromatic heterocycles. The van der Waals surface area contributed by atoms with Crippen molar-refractivity contribution in [3.05, 3.63) is 65.2 Å². The van der Waals surface area contributed by atoms with Crippen LogP contribution in [0.4, 0.5) is 0 Å². The van der Waals surface area contributed by atoms with Gasteiger partial charge in [-0.15, -0.1) is 11.8 Å². The Labute approximate surface area is 190 Å². The van der Waals surface area contributed by atoms with Crippen LogP contribution < -0.4 is 10.1 Å². The lowest BCUT2D eigenvalue weighted by atomic mass is 10.1. The van der Waals surface area contributed by atoms with Crippen LogP contribution >= 0.6 is 11.8 Å². The number of methoxy groups -OCH3 is 1. The molecule has 0 bridgehead atoms. The van der Waals surface area contributed by atoms with Crippen LogP contribution in [0.3, 0.4) is 0 Å². The highest BCUT2D eigenvalue weighted by Gasteiger charge is 2.26. The lowest BCUT2D eigenvalue weighted by molar-refractivity contribution is -0.138. The van der Waals surface area contributed by atoms with Crippen molar-refractivity contribution in [2.45, 2.75) is 46.0 Å². The van der Waals surface area contributed by atoms with Crippen molar-refractivity contribution in [3.8, 4) is 5.75 Å². The number of thioether (sulfide) groups is 1. The van der Waals surface area contributed by atoms with E-state index in [0.717, 1.165) is 17.1 Å². The maximum Gasteiger partial charge on any atom is 0.242 e. The third-order valence-electron chi connectivity index (χ3n) is 4.95. The molecule has 168 valence electrons. The van der Waals surface area contributed by atoms with E-state index in [0.29, 0.717) is 24.8 Å². The average Bonchev–Trinajstić information content (AvgIpc) is 2.76. The minimum atomic E-state index is -0.558. The molecular formula is C25H34N2O3S. The molecule has 0 fully saturated rings. The van der Waals surface area contributed by atoms with E-state index in [9.17, 15) is 9.59 Å². The van der Waals surface area contributed by atoms with Gasteiger partial charge < -0.3 is 15.0 Å². The number of hydrogen-bond donors (Lipinski definition) is 1. The SMILES string of the molecule is COc1cccc(CN(C(=O)CSCc2ccc(C)cc2)[C@@H](C)C(=O)NCC(C)C)c1. The zero-order chi connectivity index (χ0) is 22.8. The molecule has 2 aromatic rings. The molecule has 31 heavy (non-hydrogen) atoms. The van der Waals surface area contributed by atoms with Gasteiger partial charge in [0.2, 0.25) is 11.8 Å². The maximum atomic E-state index is 13.1. The number of nitrogens with one attached hydrogen (secondary N) is 1. The van der Waals surface area contributed by atoms with Gasteiger partial charge in [-0.3, -0.25) is 9.59 Å². The molecule has 0 saturated carbocycles. The van der Waals surface area contributed by atoms with Gasteiger partial charge in [-0.25, -0.2) is 0 Å². The van der Waals surface area contributed by atoms with Gasteiger partial charge in [0.05, 0.1) is 12.9 Å². The number of ether oxygens (including phenoxy) is 1. The van der Waals surface area contributed by atoms with Gasteiger partial charge in [0.25, 0.3) is 0 Å². The van der Waals surface area contributed by atoms with Gasteiger partial charge in [0.15, 0.2) is 0 Å². The number of amides is 2. The summed E-state index contributed by atoms with van der Waals surface area (Å²) in [5, 5.41) is 2.95. The molecular weight excluding hydrogens is 408 g/mol. The van der Waals surface area contributed by atoms with Crippen LogP contribution in [0.2, 0.25) is 0 Å². The van der Waals surface area contributed by atoms with E-state index >= 15 is 0 Å². The van der Waals surface area contributed by atoms with Gasteiger partial charge in [-0.1, -0.05) is 55.8 Å². The molecule has 0 aliphatic carbocycles. The van der Waals surface area contributed by atoms with Crippen molar-refractivity contribution in [1.82, 2.24) is 10.2 Å². The Hall–Kier alpha value is -2.47. The minimum Gasteiger partial charge on any atom is -0.497 e. The molecule has 0 unspecified atom stereocenters. The average molecular weight is 443 g/mol. The summed E-state index contributed by atoms with van der Waals surface area (Å²) < 4.78 is 5.31. The second-order valence-electron chi connectivity index (χ2n) is 8.17. The van der Waals surface area contributed by atoms with E-state index in [2.05, 4.69) is 36.5 Å². The van der Waals surface area contributed by atoms with Crippen molar-refractivity contribution in [2.24, 2.45) is 5.92 Å². The Morgan fingerprint density at radius 1 is 1.06 bits per heavy atom. The van der Waals surface area contributed by atoms with Gasteiger partial charge in [0, 0.05) is 18.8 Å². The van der Waals surface area contributed by atoms with Crippen LogP contribution in [0.5, 0.6) is 5.75 Å². The summed E-state index contributed by atoms with van der Waals surface area (Å²) in [6.45, 7) is 8.89. The molecule has 1 atom stereocenters. The zero-order valence-electron chi connectivity index (χ0n) is 19.2. The Morgan fingerprint density at radius 2 is 1.77 bits per heavy atom. The summed E-state index contributed by atoms with van der Waals surface area (Å²) in [4.78, 5) is 27.5. The van der Waals surface area contributed by atoms with Crippen LogP contribution in [0.25, 0.3) is 0 Å². The Morgan fingerprint density at radius 3 is 2.42 bits per heavy atom. The fourth-order valence-electron chi connectivity index (χ4n) is 3.03. The van der Waals surface area contributed by atoms with Crippen LogP contribution in [0, 0.1) is 12.8 Å². The molecule has 6 heteroatoms. The summed E-state index contributed by atoms with van der Waals surface area (Å²) in [6, 6.07) is 15.4. The summed E-state index contributed by atoms with van der Waals surface area (Å²) in [5.74, 6) is 1.98. The van der Waals surface area contributed by atoms with Crippen LogP contribution in [-0.2, 0) is 21.9 Å². The van der Waals surface area contributed by atoms with Crippen LogP contribution in [0.1, 0.15) is 37.5 Å². The number of nitrogens with zero attached hydrogens (tertiary/aromatic N) is 1. The number of carbonyl (C=O) groups excluding carboxylic acids is 2. The Bertz CT molecular complexity index is 852. The maximum absolute atomic E-state index is 13.1. The van der Waals surface area contributed by atoms with Crippen molar-refractivity contribution >= 4 is 23.6 Å². The van der Waals surface area contributed by atoms with Crippen molar-refractivity contribution < 1.29 is 14.3 Å². The highest BCUT2D eigenvalue weighted by molar-refractivity contribution is 7.99. The fourth-order valence-corrected chi connectivity index (χ4v) is 3.90. The normalized spacial score (nSPS) is 11.8. The molecule has 2 rings (SSSR count). The number of rotatable bonds is 11. The molecule has 0 aliphatic rings. The van der Waals surface area contributed by atoms with Gasteiger partial charge in [0.1, 0.15) is 11.8 Å². The van der Waals surface area contributed by atoms with Gasteiger partial charge >= 0.3 is 0 Å². The van der Waals surface area contributed by atoms with E-state index in [-0.39, 0.29) is 11.8 Å². The molecule has 5 nitrogen and oxygen atoms in total. The topological polar surface area (TPSA) is 58.6 Å². The number of aryl methyl sites for hydroxylation is 1. The molecule has 2 aromatic carbocycles. The first-order chi connectivity index (χ1) is 14.8. The van der Waals surface area contributed by atoms with E-state index in [4.69, 9.17) is 4.74 Å².